The number of anilines is 1. The molecule has 3 aromatic rings. The fourth-order valence-corrected chi connectivity index (χ4v) is 3.06. The molecule has 2 aromatic carbocycles. The zero-order valence-corrected chi connectivity index (χ0v) is 14.1. The molecule has 1 N–H and O–H groups in total. The van der Waals surface area contributed by atoms with Crippen LogP contribution in [0.2, 0.25) is 0 Å². The molecule has 130 valence electrons. The lowest BCUT2D eigenvalue weighted by molar-refractivity contribution is -0.117. The van der Waals surface area contributed by atoms with Gasteiger partial charge in [0.2, 0.25) is 5.91 Å². The molecule has 0 aliphatic heterocycles. The smallest absolute Gasteiger partial charge is 0.228 e. The molecule has 26 heavy (non-hydrogen) atoms. The van der Waals surface area contributed by atoms with Crippen molar-refractivity contribution in [2.24, 2.45) is 5.92 Å². The summed E-state index contributed by atoms with van der Waals surface area (Å²) in [5.41, 5.74) is 1.55. The van der Waals surface area contributed by atoms with Crippen molar-refractivity contribution in [3.63, 3.8) is 0 Å². The van der Waals surface area contributed by atoms with Gasteiger partial charge in [-0.2, -0.15) is 5.26 Å². The third kappa shape index (κ3) is 2.68. The molecule has 1 aliphatic carbocycles. The van der Waals surface area contributed by atoms with Crippen molar-refractivity contribution in [2.75, 3.05) is 12.4 Å². The number of fused-ring (bicyclic) bond motifs is 1. The number of benzene rings is 2. The van der Waals surface area contributed by atoms with Crippen LogP contribution in [-0.4, -0.2) is 17.6 Å². The second-order valence-electron chi connectivity index (χ2n) is 6.29. The number of carbonyl (C=O) groups is 1. The molecular weight excluding hydrogens is 333 g/mol. The first kappa shape index (κ1) is 16.2. The Kier molecular flexibility index (Phi) is 3.85. The molecule has 1 saturated carbocycles. The van der Waals surface area contributed by atoms with E-state index in [0.717, 1.165) is 12.8 Å². The van der Waals surface area contributed by atoms with Crippen LogP contribution in [0.4, 0.5) is 10.2 Å². The quantitative estimate of drug-likeness (QED) is 0.774. The third-order valence-electron chi connectivity index (χ3n) is 4.56. The van der Waals surface area contributed by atoms with Gasteiger partial charge in [0.15, 0.2) is 0 Å². The summed E-state index contributed by atoms with van der Waals surface area (Å²) in [6.07, 6.45) is 1.70. The van der Waals surface area contributed by atoms with Crippen LogP contribution in [0.15, 0.2) is 42.5 Å². The maximum atomic E-state index is 13.9. The molecule has 1 heterocycles. The zero-order chi connectivity index (χ0) is 18.3. The van der Waals surface area contributed by atoms with Crippen molar-refractivity contribution in [3.8, 4) is 17.5 Å². The number of amides is 1. The van der Waals surface area contributed by atoms with Crippen LogP contribution in [0.25, 0.3) is 16.6 Å². The number of ether oxygens (including phenoxy) is 1. The van der Waals surface area contributed by atoms with Crippen LogP contribution in [-0.2, 0) is 4.79 Å². The van der Waals surface area contributed by atoms with Gasteiger partial charge in [-0.15, -0.1) is 0 Å². The molecule has 0 bridgehead atoms. The normalized spacial score (nSPS) is 13.4. The van der Waals surface area contributed by atoms with Gasteiger partial charge >= 0.3 is 0 Å². The van der Waals surface area contributed by atoms with E-state index in [1.165, 1.54) is 12.1 Å². The van der Waals surface area contributed by atoms with Gasteiger partial charge in [0, 0.05) is 17.0 Å². The van der Waals surface area contributed by atoms with Gasteiger partial charge in [0.05, 0.1) is 12.6 Å². The van der Waals surface area contributed by atoms with Gasteiger partial charge < -0.3 is 10.1 Å². The Morgan fingerprint density at radius 2 is 2.00 bits per heavy atom. The Labute approximate surface area is 149 Å². The summed E-state index contributed by atoms with van der Waals surface area (Å²) in [7, 11) is 1.57. The molecular formula is C20H16FN3O2. The van der Waals surface area contributed by atoms with Crippen LogP contribution in [0.3, 0.4) is 0 Å². The first-order chi connectivity index (χ1) is 12.6. The zero-order valence-electron chi connectivity index (χ0n) is 14.1. The van der Waals surface area contributed by atoms with E-state index in [2.05, 4.69) is 11.4 Å². The van der Waals surface area contributed by atoms with Crippen molar-refractivity contribution in [3.05, 3.63) is 53.8 Å². The number of halogens is 1. The van der Waals surface area contributed by atoms with E-state index >= 15 is 0 Å². The summed E-state index contributed by atoms with van der Waals surface area (Å²) >= 11 is 0. The maximum Gasteiger partial charge on any atom is 0.228 e. The van der Waals surface area contributed by atoms with E-state index in [1.807, 2.05) is 0 Å². The van der Waals surface area contributed by atoms with Crippen LogP contribution in [0, 0.1) is 23.1 Å². The van der Waals surface area contributed by atoms with Crippen molar-refractivity contribution < 1.29 is 13.9 Å². The summed E-state index contributed by atoms with van der Waals surface area (Å²) < 4.78 is 20.8. The molecule has 1 aromatic heterocycles. The van der Waals surface area contributed by atoms with Crippen molar-refractivity contribution >= 4 is 22.6 Å². The lowest BCUT2D eigenvalue weighted by atomic mass is 10.2. The highest BCUT2D eigenvalue weighted by Crippen LogP contribution is 2.36. The first-order valence-corrected chi connectivity index (χ1v) is 8.31. The first-order valence-electron chi connectivity index (χ1n) is 8.31. The van der Waals surface area contributed by atoms with Gasteiger partial charge in [-0.3, -0.25) is 9.36 Å². The van der Waals surface area contributed by atoms with Gasteiger partial charge in [-0.05, 0) is 55.3 Å². The summed E-state index contributed by atoms with van der Waals surface area (Å²) in [6, 6.07) is 13.6. The average Bonchev–Trinajstić information content (AvgIpc) is 3.45. The fraction of sp³-hybridized carbons (Fsp3) is 0.200. The molecule has 1 aliphatic rings. The number of methoxy groups -OCH3 is 1. The molecule has 6 heteroatoms. The number of nitrogens with zero attached hydrogens (tertiary/aromatic N) is 2. The minimum Gasteiger partial charge on any atom is -0.497 e. The molecule has 0 radical (unpaired) electrons. The number of hydrogen-bond acceptors (Lipinski definition) is 3. The minimum absolute atomic E-state index is 0.0133. The van der Waals surface area contributed by atoms with E-state index < -0.39 is 5.82 Å². The lowest BCUT2D eigenvalue weighted by Crippen LogP contribution is -2.16. The molecule has 0 saturated heterocycles. The van der Waals surface area contributed by atoms with Crippen molar-refractivity contribution in [1.29, 1.82) is 5.26 Å². The average molecular weight is 349 g/mol. The molecule has 5 nitrogen and oxygen atoms in total. The predicted octanol–water partition coefficient (Wildman–Crippen LogP) is 4.00. The predicted molar refractivity (Wildman–Crippen MR) is 95.9 cm³/mol. The number of carbonyl (C=O) groups excluding carboxylic acids is 1. The minimum atomic E-state index is -0.408. The van der Waals surface area contributed by atoms with Crippen LogP contribution in [0.1, 0.15) is 18.4 Å². The van der Waals surface area contributed by atoms with Crippen LogP contribution in [0.5, 0.6) is 5.75 Å². The number of rotatable bonds is 4. The molecule has 0 spiro atoms. The number of hydrogen-bond donors (Lipinski definition) is 1. The lowest BCUT2D eigenvalue weighted by Gasteiger charge is -2.13. The Balaban J connectivity index is 1.96. The molecule has 1 fully saturated rings. The van der Waals surface area contributed by atoms with Crippen molar-refractivity contribution in [2.45, 2.75) is 12.8 Å². The highest BCUT2D eigenvalue weighted by Gasteiger charge is 2.31. The van der Waals surface area contributed by atoms with Gasteiger partial charge in [0.1, 0.15) is 29.0 Å². The Hall–Kier alpha value is -3.33. The van der Waals surface area contributed by atoms with E-state index in [0.29, 0.717) is 33.7 Å². The number of aromatic nitrogens is 1. The summed E-state index contributed by atoms with van der Waals surface area (Å²) in [6.45, 7) is 0. The summed E-state index contributed by atoms with van der Waals surface area (Å²) in [4.78, 5) is 12.3. The van der Waals surface area contributed by atoms with Crippen LogP contribution < -0.4 is 10.1 Å². The third-order valence-corrected chi connectivity index (χ3v) is 4.56. The number of nitrogens with one attached hydrogen (secondary N) is 1. The highest BCUT2D eigenvalue weighted by atomic mass is 19.1. The van der Waals surface area contributed by atoms with E-state index in [-0.39, 0.29) is 11.8 Å². The van der Waals surface area contributed by atoms with Gasteiger partial charge in [-0.1, -0.05) is 0 Å². The van der Waals surface area contributed by atoms with Gasteiger partial charge in [-0.25, -0.2) is 4.39 Å². The molecule has 0 atom stereocenters. The summed E-state index contributed by atoms with van der Waals surface area (Å²) in [5, 5.41) is 13.1. The second-order valence-corrected chi connectivity index (χ2v) is 6.29. The Morgan fingerprint density at radius 1 is 1.27 bits per heavy atom. The largest absolute Gasteiger partial charge is 0.497 e. The highest BCUT2D eigenvalue weighted by molar-refractivity contribution is 6.01. The van der Waals surface area contributed by atoms with Crippen molar-refractivity contribution in [1.82, 2.24) is 4.57 Å². The van der Waals surface area contributed by atoms with E-state index in [9.17, 15) is 14.4 Å². The summed E-state index contributed by atoms with van der Waals surface area (Å²) in [5.74, 6) is 0.519. The van der Waals surface area contributed by atoms with E-state index in [4.69, 9.17) is 4.74 Å². The molecule has 1 amide bonds. The molecule has 0 unspecified atom stereocenters. The SMILES string of the molecule is COc1ccc(-n2c(NC(=O)C3CC3)c(C#N)c3ccc(F)cc32)cc1. The Bertz CT molecular complexity index is 1040. The maximum absolute atomic E-state index is 13.9. The topological polar surface area (TPSA) is 67.0 Å². The Morgan fingerprint density at radius 3 is 2.62 bits per heavy atom. The monoisotopic (exact) mass is 349 g/mol. The van der Waals surface area contributed by atoms with Crippen LogP contribution >= 0.6 is 0 Å². The fourth-order valence-electron chi connectivity index (χ4n) is 3.06. The standard InChI is InChI=1S/C20H16FN3O2/c1-26-15-7-5-14(6-8-15)24-18-10-13(21)4-9-16(18)17(11-22)19(24)23-20(25)12-2-3-12/h4-10,12H,2-3H2,1H3,(H,23,25). The van der Waals surface area contributed by atoms with E-state index in [1.54, 1.807) is 42.0 Å². The van der Waals surface area contributed by atoms with Gasteiger partial charge in [0.25, 0.3) is 0 Å². The number of nitriles is 1. The second kappa shape index (κ2) is 6.19. The molecule has 4 rings (SSSR count).